The number of rotatable bonds is 12. The number of ether oxygens (including phenoxy) is 3. The van der Waals surface area contributed by atoms with Crippen LogP contribution in [0, 0.1) is 0 Å². The molecule has 0 spiro atoms. The maximum absolute atomic E-state index is 12.5. The minimum atomic E-state index is -1.32. The highest BCUT2D eigenvalue weighted by atomic mass is 16.7. The van der Waals surface area contributed by atoms with Gasteiger partial charge in [-0.1, -0.05) is 25.5 Å². The van der Waals surface area contributed by atoms with Crippen LogP contribution >= 0.6 is 0 Å². The molecule has 10 nitrogen and oxygen atoms in total. The summed E-state index contributed by atoms with van der Waals surface area (Å²) in [7, 11) is -0.0226. The van der Waals surface area contributed by atoms with Crippen molar-refractivity contribution in [1.82, 2.24) is 5.32 Å². The number of unbranched alkanes of at least 4 members (excludes halogenated alkanes) is 2. The summed E-state index contributed by atoms with van der Waals surface area (Å²) in [6, 6.07) is 4.85. The summed E-state index contributed by atoms with van der Waals surface area (Å²) in [5.74, 6) is -2.31. The lowest BCUT2D eigenvalue weighted by molar-refractivity contribution is -0.152. The summed E-state index contributed by atoms with van der Waals surface area (Å²) < 4.78 is 19.9. The average molecular weight is 463 g/mol. The molecular weight excluding hydrogens is 433 g/mol. The van der Waals surface area contributed by atoms with Crippen LogP contribution in [0.2, 0.25) is 0 Å². The second-order valence-corrected chi connectivity index (χ2v) is 7.63. The largest absolute Gasteiger partial charge is 0.547 e. The monoisotopic (exact) mass is 463 g/mol. The summed E-state index contributed by atoms with van der Waals surface area (Å²) in [4.78, 5) is 47.2. The van der Waals surface area contributed by atoms with Crippen LogP contribution in [0.3, 0.4) is 0 Å². The number of benzene rings is 1. The Morgan fingerprint density at radius 2 is 1.82 bits per heavy atom. The van der Waals surface area contributed by atoms with Crippen LogP contribution < -0.4 is 9.97 Å². The van der Waals surface area contributed by atoms with Gasteiger partial charge in [0.2, 0.25) is 12.7 Å². The number of methoxy groups -OCH3 is 1. The van der Waals surface area contributed by atoms with E-state index in [4.69, 9.17) is 14.1 Å². The Hall–Kier alpha value is -3.08. The van der Waals surface area contributed by atoms with E-state index in [-0.39, 0.29) is 42.5 Å². The van der Waals surface area contributed by atoms with Crippen molar-refractivity contribution in [3.8, 4) is 5.75 Å². The van der Waals surface area contributed by atoms with Crippen LogP contribution in [0.15, 0.2) is 18.2 Å². The first-order valence-corrected chi connectivity index (χ1v) is 11.0. The summed E-state index contributed by atoms with van der Waals surface area (Å²) in [6.45, 7) is 1.41. The maximum atomic E-state index is 12.5. The Morgan fingerprint density at radius 3 is 2.52 bits per heavy atom. The van der Waals surface area contributed by atoms with E-state index < -0.39 is 31.8 Å². The van der Waals surface area contributed by atoms with Gasteiger partial charge in [-0.15, -0.1) is 0 Å². The molecule has 0 saturated heterocycles. The van der Waals surface area contributed by atoms with Gasteiger partial charge in [-0.2, -0.15) is 0 Å². The van der Waals surface area contributed by atoms with Gasteiger partial charge in [0.15, 0.2) is 0 Å². The minimum Gasteiger partial charge on any atom is -0.534 e. The van der Waals surface area contributed by atoms with Gasteiger partial charge < -0.3 is 29.2 Å². The average Bonchev–Trinajstić information content (AvgIpc) is 2.80. The Kier molecular flexibility index (Phi) is 10.7. The summed E-state index contributed by atoms with van der Waals surface area (Å²) in [5, 5.41) is 13.1. The molecule has 1 aliphatic heterocycles. The first kappa shape index (κ1) is 26.2. The number of amides is 1. The third kappa shape index (κ3) is 8.41. The van der Waals surface area contributed by atoms with Crippen LogP contribution in [0.5, 0.6) is 5.75 Å². The van der Waals surface area contributed by atoms with E-state index in [1.807, 2.05) is 6.92 Å². The molecule has 2 N–H and O–H groups in total. The van der Waals surface area contributed by atoms with Gasteiger partial charge in [0.05, 0.1) is 13.1 Å². The number of hydrogen-bond acceptors (Lipinski definition) is 9. The fourth-order valence-corrected chi connectivity index (χ4v) is 3.26. The number of nitrogens with one attached hydrogen (secondary N) is 1. The van der Waals surface area contributed by atoms with Crippen molar-refractivity contribution in [2.45, 2.75) is 64.2 Å². The van der Waals surface area contributed by atoms with E-state index >= 15 is 0 Å². The topological polar surface area (TPSA) is 137 Å². The Balaban J connectivity index is 1.84. The number of fused-ring (bicyclic) bond motifs is 1. The fraction of sp³-hybridized carbons (Fsp3) is 0.545. The van der Waals surface area contributed by atoms with Crippen LogP contribution in [0.25, 0.3) is 0 Å². The highest BCUT2D eigenvalue weighted by molar-refractivity contribution is 6.47. The van der Waals surface area contributed by atoms with E-state index in [9.17, 15) is 24.2 Å². The second kappa shape index (κ2) is 13.5. The van der Waals surface area contributed by atoms with Crippen LogP contribution in [-0.2, 0) is 35.0 Å². The molecule has 11 heteroatoms. The Morgan fingerprint density at radius 1 is 1.09 bits per heavy atom. The molecule has 1 heterocycles. The van der Waals surface area contributed by atoms with Gasteiger partial charge in [0.1, 0.15) is 11.3 Å². The Bertz CT molecular complexity index is 845. The lowest BCUT2D eigenvalue weighted by Crippen LogP contribution is -2.53. The van der Waals surface area contributed by atoms with Crippen LogP contribution in [0.1, 0.15) is 67.8 Å². The first-order chi connectivity index (χ1) is 15.8. The third-order valence-electron chi connectivity index (χ3n) is 5.09. The van der Waals surface area contributed by atoms with Crippen molar-refractivity contribution in [3.63, 3.8) is 0 Å². The molecule has 1 aliphatic rings. The standard InChI is InChI=1S/C22H30BNO9/c1-3-4-10-18(25)24-17-13-15-8-7-9-16(21(15)33-23(17)29)22(28)32-14-31-20(27)12-6-5-11-19(26)30-2/h7-9,17,29H,3-6,10-14H2,1-2H3,(H,24,25)/t17-/m0/s1. The summed E-state index contributed by atoms with van der Waals surface area (Å²) in [6.07, 6.45) is 3.51. The molecule has 0 aliphatic carbocycles. The van der Waals surface area contributed by atoms with Gasteiger partial charge >= 0.3 is 25.0 Å². The molecule has 0 bridgehead atoms. The van der Waals surface area contributed by atoms with Crippen molar-refractivity contribution < 1.29 is 43.1 Å². The van der Waals surface area contributed by atoms with Crippen molar-refractivity contribution in [3.05, 3.63) is 29.3 Å². The number of para-hydroxylation sites is 1. The molecule has 0 fully saturated rings. The van der Waals surface area contributed by atoms with Gasteiger partial charge in [-0.05, 0) is 37.3 Å². The highest BCUT2D eigenvalue weighted by Gasteiger charge is 2.37. The smallest absolute Gasteiger partial charge is 0.534 e. The second-order valence-electron chi connectivity index (χ2n) is 7.63. The van der Waals surface area contributed by atoms with Gasteiger partial charge in [0.25, 0.3) is 0 Å². The molecule has 1 aromatic carbocycles. The van der Waals surface area contributed by atoms with Crippen LogP contribution in [-0.4, -0.2) is 55.8 Å². The molecule has 0 saturated carbocycles. The van der Waals surface area contributed by atoms with Crippen LogP contribution in [0.4, 0.5) is 0 Å². The molecule has 0 unspecified atom stereocenters. The van der Waals surface area contributed by atoms with Crippen molar-refractivity contribution in [2.24, 2.45) is 0 Å². The zero-order valence-corrected chi connectivity index (χ0v) is 19.0. The third-order valence-corrected chi connectivity index (χ3v) is 5.09. The summed E-state index contributed by atoms with van der Waals surface area (Å²) >= 11 is 0. The van der Waals surface area contributed by atoms with E-state index in [0.29, 0.717) is 24.8 Å². The molecule has 1 amide bonds. The van der Waals surface area contributed by atoms with E-state index in [1.165, 1.54) is 13.2 Å². The number of hydrogen-bond donors (Lipinski definition) is 2. The highest BCUT2D eigenvalue weighted by Crippen LogP contribution is 2.30. The molecule has 0 radical (unpaired) electrons. The maximum Gasteiger partial charge on any atom is 0.547 e. The van der Waals surface area contributed by atoms with Crippen molar-refractivity contribution in [1.29, 1.82) is 0 Å². The molecule has 33 heavy (non-hydrogen) atoms. The molecule has 180 valence electrons. The molecule has 1 atom stereocenters. The quantitative estimate of drug-likeness (QED) is 0.205. The zero-order valence-electron chi connectivity index (χ0n) is 19.0. The molecular formula is C22H30BNO9. The normalized spacial score (nSPS) is 14.5. The predicted molar refractivity (Wildman–Crippen MR) is 117 cm³/mol. The first-order valence-electron chi connectivity index (χ1n) is 11.0. The van der Waals surface area contributed by atoms with E-state index in [1.54, 1.807) is 12.1 Å². The molecule has 2 rings (SSSR count). The van der Waals surface area contributed by atoms with Gasteiger partial charge in [0, 0.05) is 19.3 Å². The minimum absolute atomic E-state index is 0.0793. The van der Waals surface area contributed by atoms with Crippen molar-refractivity contribution >= 4 is 30.9 Å². The fourth-order valence-electron chi connectivity index (χ4n) is 3.26. The molecule has 0 aromatic heterocycles. The lowest BCUT2D eigenvalue weighted by Gasteiger charge is -2.29. The summed E-state index contributed by atoms with van der Waals surface area (Å²) in [5.41, 5.74) is 0.717. The van der Waals surface area contributed by atoms with E-state index in [2.05, 4.69) is 10.1 Å². The van der Waals surface area contributed by atoms with E-state index in [0.717, 1.165) is 12.8 Å². The molecule has 1 aromatic rings. The number of carbonyl (C=O) groups excluding carboxylic acids is 4. The predicted octanol–water partition coefficient (Wildman–Crippen LogP) is 1.71. The zero-order chi connectivity index (χ0) is 24.2. The van der Waals surface area contributed by atoms with Gasteiger partial charge in [-0.3, -0.25) is 14.4 Å². The lowest BCUT2D eigenvalue weighted by atomic mass is 9.72. The van der Waals surface area contributed by atoms with Gasteiger partial charge in [-0.25, -0.2) is 4.79 Å². The number of esters is 3. The van der Waals surface area contributed by atoms with Crippen molar-refractivity contribution in [2.75, 3.05) is 13.9 Å². The number of carbonyl (C=O) groups is 4. The SMILES string of the molecule is CCCCC(=O)N[C@H]1Cc2cccc(C(=O)OCOC(=O)CCCCC(=O)OC)c2OB1O. The Labute approximate surface area is 193 Å².